The molecular formula is C16H20N4OS. The SMILES string of the molecule is N=C(N)c1ccc(CSc2cc(C3CCOCC3)[nH]n2)cc1. The zero-order valence-corrected chi connectivity index (χ0v) is 13.2. The van der Waals surface area contributed by atoms with E-state index in [1.165, 1.54) is 11.3 Å². The van der Waals surface area contributed by atoms with Crippen LogP contribution in [0.3, 0.4) is 0 Å². The fourth-order valence-electron chi connectivity index (χ4n) is 2.55. The van der Waals surface area contributed by atoms with Gasteiger partial charge in [0.25, 0.3) is 0 Å². The molecule has 3 rings (SSSR count). The van der Waals surface area contributed by atoms with Crippen molar-refractivity contribution >= 4 is 17.6 Å². The largest absolute Gasteiger partial charge is 0.384 e. The van der Waals surface area contributed by atoms with Crippen molar-refractivity contribution in [2.24, 2.45) is 5.73 Å². The number of nitrogens with one attached hydrogen (secondary N) is 2. The molecular weight excluding hydrogens is 296 g/mol. The van der Waals surface area contributed by atoms with Gasteiger partial charge in [-0.15, -0.1) is 0 Å². The summed E-state index contributed by atoms with van der Waals surface area (Å²) in [4.78, 5) is 0. The van der Waals surface area contributed by atoms with Crippen molar-refractivity contribution in [2.45, 2.75) is 29.5 Å². The van der Waals surface area contributed by atoms with Gasteiger partial charge in [-0.25, -0.2) is 0 Å². The van der Waals surface area contributed by atoms with Crippen molar-refractivity contribution in [3.8, 4) is 0 Å². The topological polar surface area (TPSA) is 87.8 Å². The second kappa shape index (κ2) is 6.98. The number of aromatic nitrogens is 2. The number of benzene rings is 1. The molecule has 5 nitrogen and oxygen atoms in total. The van der Waals surface area contributed by atoms with Crippen molar-refractivity contribution in [3.63, 3.8) is 0 Å². The van der Waals surface area contributed by atoms with Gasteiger partial charge < -0.3 is 10.5 Å². The molecule has 0 atom stereocenters. The first-order valence-corrected chi connectivity index (χ1v) is 8.40. The van der Waals surface area contributed by atoms with Gasteiger partial charge in [-0.1, -0.05) is 36.0 Å². The van der Waals surface area contributed by atoms with Crippen LogP contribution in [-0.4, -0.2) is 29.2 Å². The molecule has 1 saturated heterocycles. The molecule has 0 radical (unpaired) electrons. The zero-order valence-electron chi connectivity index (χ0n) is 12.3. The van der Waals surface area contributed by atoms with Gasteiger partial charge in [0.05, 0.1) is 0 Å². The van der Waals surface area contributed by atoms with E-state index in [1.54, 1.807) is 11.8 Å². The maximum atomic E-state index is 7.39. The highest BCUT2D eigenvalue weighted by atomic mass is 32.2. The summed E-state index contributed by atoms with van der Waals surface area (Å²) in [5.74, 6) is 1.51. The number of ether oxygens (including phenoxy) is 1. The summed E-state index contributed by atoms with van der Waals surface area (Å²) in [7, 11) is 0. The molecule has 2 heterocycles. The number of rotatable bonds is 5. The van der Waals surface area contributed by atoms with E-state index in [4.69, 9.17) is 15.9 Å². The van der Waals surface area contributed by atoms with Crippen LogP contribution < -0.4 is 5.73 Å². The van der Waals surface area contributed by atoms with E-state index >= 15 is 0 Å². The van der Waals surface area contributed by atoms with E-state index in [1.807, 2.05) is 24.3 Å². The maximum Gasteiger partial charge on any atom is 0.122 e. The zero-order chi connectivity index (χ0) is 15.4. The van der Waals surface area contributed by atoms with E-state index in [0.29, 0.717) is 5.92 Å². The smallest absolute Gasteiger partial charge is 0.122 e. The van der Waals surface area contributed by atoms with Crippen LogP contribution in [-0.2, 0) is 10.5 Å². The first kappa shape index (κ1) is 15.1. The van der Waals surface area contributed by atoms with Crippen LogP contribution in [0.25, 0.3) is 0 Å². The van der Waals surface area contributed by atoms with Crippen LogP contribution in [0.5, 0.6) is 0 Å². The molecule has 2 aromatic rings. The van der Waals surface area contributed by atoms with Gasteiger partial charge in [0.15, 0.2) is 0 Å². The number of nitrogens with zero attached hydrogens (tertiary/aromatic N) is 1. The molecule has 6 heteroatoms. The molecule has 0 saturated carbocycles. The Bertz CT molecular complexity index is 632. The predicted molar refractivity (Wildman–Crippen MR) is 88.4 cm³/mol. The summed E-state index contributed by atoms with van der Waals surface area (Å²) in [5, 5.41) is 16.0. The van der Waals surface area contributed by atoms with E-state index in [2.05, 4.69) is 16.3 Å². The first-order chi connectivity index (χ1) is 10.7. The molecule has 116 valence electrons. The van der Waals surface area contributed by atoms with Gasteiger partial charge in [0.2, 0.25) is 0 Å². The van der Waals surface area contributed by atoms with Crippen molar-refractivity contribution in [1.29, 1.82) is 5.41 Å². The Balaban J connectivity index is 1.57. The Morgan fingerprint density at radius 1 is 1.32 bits per heavy atom. The standard InChI is InChI=1S/C16H20N4OS/c17-16(18)13-3-1-11(2-4-13)10-22-15-9-14(19-20-15)12-5-7-21-8-6-12/h1-4,9,12H,5-8,10H2,(H3,17,18)(H,19,20). The minimum atomic E-state index is 0.104. The van der Waals surface area contributed by atoms with E-state index < -0.39 is 0 Å². The Morgan fingerprint density at radius 3 is 2.73 bits per heavy atom. The minimum absolute atomic E-state index is 0.104. The molecule has 0 aliphatic carbocycles. The molecule has 0 unspecified atom stereocenters. The second-order valence-corrected chi connectivity index (χ2v) is 6.44. The van der Waals surface area contributed by atoms with Crippen LogP contribution in [0.1, 0.15) is 35.6 Å². The third-order valence-corrected chi connectivity index (χ3v) is 4.87. The Hall–Kier alpha value is -1.79. The highest BCUT2D eigenvalue weighted by Gasteiger charge is 2.18. The third kappa shape index (κ3) is 3.69. The van der Waals surface area contributed by atoms with Crippen LogP contribution >= 0.6 is 11.8 Å². The molecule has 1 fully saturated rings. The normalized spacial score (nSPS) is 15.8. The van der Waals surface area contributed by atoms with Gasteiger partial charge in [0.1, 0.15) is 10.9 Å². The van der Waals surface area contributed by atoms with Crippen molar-refractivity contribution in [2.75, 3.05) is 13.2 Å². The van der Waals surface area contributed by atoms with Crippen LogP contribution in [0.15, 0.2) is 35.4 Å². The average molecular weight is 316 g/mol. The summed E-state index contributed by atoms with van der Waals surface area (Å²) in [6, 6.07) is 9.95. The molecule has 0 spiro atoms. The van der Waals surface area contributed by atoms with Crippen LogP contribution in [0.2, 0.25) is 0 Å². The Labute approximate surface area is 134 Å². The van der Waals surface area contributed by atoms with Crippen LogP contribution in [0, 0.1) is 5.41 Å². The van der Waals surface area contributed by atoms with Gasteiger partial charge in [-0.05, 0) is 24.5 Å². The number of nitrogen functional groups attached to an aromatic ring is 1. The lowest BCUT2D eigenvalue weighted by atomic mass is 9.97. The summed E-state index contributed by atoms with van der Waals surface area (Å²) in [6.45, 7) is 1.68. The lowest BCUT2D eigenvalue weighted by Crippen LogP contribution is -2.14. The predicted octanol–water partition coefficient (Wildman–Crippen LogP) is 2.88. The average Bonchev–Trinajstić information content (AvgIpc) is 3.03. The van der Waals surface area contributed by atoms with Gasteiger partial charge in [0, 0.05) is 36.1 Å². The van der Waals surface area contributed by atoms with E-state index in [9.17, 15) is 0 Å². The lowest BCUT2D eigenvalue weighted by Gasteiger charge is -2.20. The van der Waals surface area contributed by atoms with E-state index in [0.717, 1.165) is 42.4 Å². The molecule has 22 heavy (non-hydrogen) atoms. The number of H-pyrrole nitrogens is 1. The summed E-state index contributed by atoms with van der Waals surface area (Å²) < 4.78 is 5.40. The number of nitrogens with two attached hydrogens (primary N) is 1. The molecule has 1 aromatic heterocycles. The summed E-state index contributed by atoms with van der Waals surface area (Å²) >= 11 is 1.71. The highest BCUT2D eigenvalue weighted by molar-refractivity contribution is 7.98. The quantitative estimate of drug-likeness (QED) is 0.449. The summed E-state index contributed by atoms with van der Waals surface area (Å²) in [5.41, 5.74) is 8.64. The first-order valence-electron chi connectivity index (χ1n) is 7.41. The van der Waals surface area contributed by atoms with Gasteiger partial charge >= 0.3 is 0 Å². The molecule has 0 bridgehead atoms. The monoisotopic (exact) mass is 316 g/mol. The lowest BCUT2D eigenvalue weighted by molar-refractivity contribution is 0.0845. The second-order valence-electron chi connectivity index (χ2n) is 5.45. The summed E-state index contributed by atoms with van der Waals surface area (Å²) in [6.07, 6.45) is 2.14. The molecule has 1 aromatic carbocycles. The van der Waals surface area contributed by atoms with E-state index in [-0.39, 0.29) is 5.84 Å². The molecule has 0 amide bonds. The maximum absolute atomic E-state index is 7.39. The fourth-order valence-corrected chi connectivity index (χ4v) is 3.37. The molecule has 1 aliphatic rings. The molecule has 4 N–H and O–H groups in total. The Morgan fingerprint density at radius 2 is 2.05 bits per heavy atom. The number of hydrogen-bond donors (Lipinski definition) is 3. The van der Waals surface area contributed by atoms with Crippen molar-refractivity contribution in [3.05, 3.63) is 47.2 Å². The van der Waals surface area contributed by atoms with Crippen LogP contribution in [0.4, 0.5) is 0 Å². The van der Waals surface area contributed by atoms with Crippen molar-refractivity contribution < 1.29 is 4.74 Å². The number of amidine groups is 1. The number of aromatic amines is 1. The third-order valence-electron chi connectivity index (χ3n) is 3.89. The van der Waals surface area contributed by atoms with Crippen molar-refractivity contribution in [1.82, 2.24) is 10.2 Å². The van der Waals surface area contributed by atoms with Gasteiger partial charge in [-0.2, -0.15) is 5.10 Å². The fraction of sp³-hybridized carbons (Fsp3) is 0.375. The number of thioether (sulfide) groups is 1. The highest BCUT2D eigenvalue weighted by Crippen LogP contribution is 2.29. The van der Waals surface area contributed by atoms with Gasteiger partial charge in [-0.3, -0.25) is 10.5 Å². The minimum Gasteiger partial charge on any atom is -0.384 e. The Kier molecular flexibility index (Phi) is 4.80. The molecule has 1 aliphatic heterocycles. The number of hydrogen-bond acceptors (Lipinski definition) is 4.